The topological polar surface area (TPSA) is 93.9 Å². The lowest BCUT2D eigenvalue weighted by atomic mass is 10.2. The first-order chi connectivity index (χ1) is 11.5. The van der Waals surface area contributed by atoms with Gasteiger partial charge in [-0.2, -0.15) is 0 Å². The minimum atomic E-state index is -2.93. The molecule has 1 aliphatic rings. The number of para-hydroxylation sites is 1. The van der Waals surface area contributed by atoms with Crippen LogP contribution in [0.5, 0.6) is 0 Å². The first-order valence-corrected chi connectivity index (χ1v) is 9.39. The Morgan fingerprint density at radius 2 is 1.92 bits per heavy atom. The fourth-order valence-electron chi connectivity index (χ4n) is 2.54. The number of nitrogens with zero attached hydrogens (tertiary/aromatic N) is 1. The summed E-state index contributed by atoms with van der Waals surface area (Å²) >= 11 is 0. The van der Waals surface area contributed by atoms with Gasteiger partial charge < -0.3 is 9.15 Å². The smallest absolute Gasteiger partial charge is 0.345 e. The minimum absolute atomic E-state index is 0.0884. The average Bonchev–Trinajstić information content (AvgIpc) is 2.57. The second-order valence-electron chi connectivity index (χ2n) is 5.60. The van der Waals surface area contributed by atoms with Crippen LogP contribution in [0.15, 0.2) is 39.7 Å². The van der Waals surface area contributed by atoms with Crippen LogP contribution in [-0.4, -0.2) is 57.0 Å². The van der Waals surface area contributed by atoms with E-state index in [1.165, 1.54) is 0 Å². The summed E-state index contributed by atoms with van der Waals surface area (Å²) in [4.78, 5) is 26.2. The van der Waals surface area contributed by atoms with Crippen LogP contribution < -0.4 is 5.43 Å². The number of sulfone groups is 1. The maximum atomic E-state index is 12.3. The molecular weight excluding hydrogens is 334 g/mol. The van der Waals surface area contributed by atoms with Crippen LogP contribution in [0.25, 0.3) is 11.0 Å². The molecular formula is C16H17NO6S. The third-order valence-electron chi connectivity index (χ3n) is 3.98. The molecule has 0 amide bonds. The van der Waals surface area contributed by atoms with Crippen LogP contribution in [0.4, 0.5) is 0 Å². The summed E-state index contributed by atoms with van der Waals surface area (Å²) in [6.07, 6.45) is 1.11. The predicted molar refractivity (Wildman–Crippen MR) is 87.9 cm³/mol. The number of hydrogen-bond donors (Lipinski definition) is 0. The zero-order valence-corrected chi connectivity index (χ0v) is 13.8. The van der Waals surface area contributed by atoms with Crippen LogP contribution in [0.1, 0.15) is 10.4 Å². The van der Waals surface area contributed by atoms with Gasteiger partial charge in [0, 0.05) is 19.6 Å². The Morgan fingerprint density at radius 3 is 2.67 bits per heavy atom. The largest absolute Gasteiger partial charge is 0.463 e. The Hall–Kier alpha value is -2.19. The Morgan fingerprint density at radius 1 is 1.21 bits per heavy atom. The van der Waals surface area contributed by atoms with Crippen LogP contribution in [-0.2, 0) is 14.6 Å². The molecule has 7 nitrogen and oxygen atoms in total. The van der Waals surface area contributed by atoms with Crippen LogP contribution in [0, 0.1) is 0 Å². The molecule has 0 spiro atoms. The molecule has 3 rings (SSSR count). The Kier molecular flexibility index (Phi) is 4.68. The monoisotopic (exact) mass is 351 g/mol. The molecule has 2 heterocycles. The standard InChI is InChI=1S/C16H17NO6S/c18-15-12-3-1-2-4-14(12)23-11-13(15)16(19)22-8-5-17-6-9-24(20,21)10-7-17/h1-4,11H,5-10H2. The summed E-state index contributed by atoms with van der Waals surface area (Å²) < 4.78 is 33.1. The predicted octanol–water partition coefficient (Wildman–Crippen LogP) is 0.680. The molecule has 1 saturated heterocycles. The van der Waals surface area contributed by atoms with Crippen molar-refractivity contribution in [3.05, 3.63) is 46.3 Å². The van der Waals surface area contributed by atoms with Gasteiger partial charge in [0.2, 0.25) is 5.43 Å². The number of hydrogen-bond acceptors (Lipinski definition) is 7. The first-order valence-electron chi connectivity index (χ1n) is 7.57. The molecule has 2 aromatic rings. The van der Waals surface area contributed by atoms with Gasteiger partial charge in [-0.25, -0.2) is 13.2 Å². The molecule has 0 atom stereocenters. The van der Waals surface area contributed by atoms with Gasteiger partial charge in [-0.3, -0.25) is 9.69 Å². The molecule has 0 N–H and O–H groups in total. The van der Waals surface area contributed by atoms with Gasteiger partial charge in [0.15, 0.2) is 9.84 Å². The van der Waals surface area contributed by atoms with Gasteiger partial charge in [-0.15, -0.1) is 0 Å². The number of benzene rings is 1. The summed E-state index contributed by atoms with van der Waals surface area (Å²) in [6, 6.07) is 6.67. The van der Waals surface area contributed by atoms with Gasteiger partial charge in [-0.05, 0) is 12.1 Å². The molecule has 1 aliphatic heterocycles. The highest BCUT2D eigenvalue weighted by Crippen LogP contribution is 2.11. The maximum Gasteiger partial charge on any atom is 0.345 e. The van der Waals surface area contributed by atoms with Crippen molar-refractivity contribution in [1.82, 2.24) is 4.90 Å². The van der Waals surface area contributed by atoms with Crippen molar-refractivity contribution in [3.8, 4) is 0 Å². The SMILES string of the molecule is O=C(OCCN1CCS(=O)(=O)CC1)c1coc2ccccc2c1=O. The lowest BCUT2D eigenvalue weighted by Crippen LogP contribution is -2.42. The van der Waals surface area contributed by atoms with Crippen molar-refractivity contribution < 1.29 is 22.4 Å². The van der Waals surface area contributed by atoms with Gasteiger partial charge in [0.1, 0.15) is 24.0 Å². The molecule has 1 aromatic heterocycles. The number of esters is 1. The van der Waals surface area contributed by atoms with E-state index in [0.717, 1.165) is 6.26 Å². The molecule has 1 fully saturated rings. The number of ether oxygens (including phenoxy) is 1. The lowest BCUT2D eigenvalue weighted by Gasteiger charge is -2.25. The van der Waals surface area contributed by atoms with Gasteiger partial charge in [-0.1, -0.05) is 12.1 Å². The van der Waals surface area contributed by atoms with E-state index in [-0.39, 0.29) is 23.7 Å². The first kappa shape index (κ1) is 16.7. The zero-order valence-electron chi connectivity index (χ0n) is 12.9. The highest BCUT2D eigenvalue weighted by Gasteiger charge is 2.22. The molecule has 0 unspecified atom stereocenters. The van der Waals surface area contributed by atoms with E-state index in [4.69, 9.17) is 9.15 Å². The highest BCUT2D eigenvalue weighted by atomic mass is 32.2. The summed E-state index contributed by atoms with van der Waals surface area (Å²) in [5.41, 5.74) is -0.158. The second kappa shape index (κ2) is 6.74. The van der Waals surface area contributed by atoms with Gasteiger partial charge in [0.05, 0.1) is 16.9 Å². The summed E-state index contributed by atoms with van der Waals surface area (Å²) in [7, 11) is -2.93. The molecule has 0 bridgehead atoms. The van der Waals surface area contributed by atoms with Crippen LogP contribution in [0.2, 0.25) is 0 Å². The summed E-state index contributed by atoms with van der Waals surface area (Å²) in [5.74, 6) is -0.496. The Bertz CT molecular complexity index is 904. The fourth-order valence-corrected chi connectivity index (χ4v) is 3.81. The van der Waals surface area contributed by atoms with Crippen molar-refractivity contribution in [3.63, 3.8) is 0 Å². The summed E-state index contributed by atoms with van der Waals surface area (Å²) in [6.45, 7) is 1.38. The van der Waals surface area contributed by atoms with Gasteiger partial charge in [0.25, 0.3) is 0 Å². The normalized spacial score (nSPS) is 17.7. The number of carbonyl (C=O) groups excluding carboxylic acids is 1. The van der Waals surface area contributed by atoms with E-state index >= 15 is 0 Å². The van der Waals surface area contributed by atoms with E-state index < -0.39 is 21.2 Å². The van der Waals surface area contributed by atoms with Crippen molar-refractivity contribution in [1.29, 1.82) is 0 Å². The van der Waals surface area contributed by atoms with E-state index in [9.17, 15) is 18.0 Å². The lowest BCUT2D eigenvalue weighted by molar-refractivity contribution is 0.0462. The van der Waals surface area contributed by atoms with Crippen molar-refractivity contribution in [2.45, 2.75) is 0 Å². The minimum Gasteiger partial charge on any atom is -0.463 e. The van der Waals surface area contributed by atoms with E-state index in [0.29, 0.717) is 30.6 Å². The highest BCUT2D eigenvalue weighted by molar-refractivity contribution is 7.91. The average molecular weight is 351 g/mol. The molecule has 0 saturated carbocycles. The van der Waals surface area contributed by atoms with E-state index in [1.807, 2.05) is 4.90 Å². The number of rotatable bonds is 4. The number of carbonyl (C=O) groups is 1. The molecule has 1 aromatic carbocycles. The maximum absolute atomic E-state index is 12.3. The molecule has 0 radical (unpaired) electrons. The van der Waals surface area contributed by atoms with Crippen molar-refractivity contribution >= 4 is 26.8 Å². The molecule has 8 heteroatoms. The third kappa shape index (κ3) is 3.65. The second-order valence-corrected chi connectivity index (χ2v) is 7.91. The molecule has 128 valence electrons. The third-order valence-corrected chi connectivity index (χ3v) is 5.59. The molecule has 24 heavy (non-hydrogen) atoms. The quantitative estimate of drug-likeness (QED) is 0.748. The van der Waals surface area contributed by atoms with E-state index in [1.54, 1.807) is 24.3 Å². The summed E-state index contributed by atoms with van der Waals surface area (Å²) in [5, 5.41) is 0.327. The van der Waals surface area contributed by atoms with Crippen molar-refractivity contribution in [2.24, 2.45) is 0 Å². The van der Waals surface area contributed by atoms with Gasteiger partial charge >= 0.3 is 5.97 Å². The Balaban J connectivity index is 1.60. The van der Waals surface area contributed by atoms with Crippen molar-refractivity contribution in [2.75, 3.05) is 37.7 Å². The van der Waals surface area contributed by atoms with Crippen LogP contribution in [0.3, 0.4) is 0 Å². The zero-order chi connectivity index (χ0) is 17.2. The van der Waals surface area contributed by atoms with E-state index in [2.05, 4.69) is 0 Å². The molecule has 0 aliphatic carbocycles. The fraction of sp³-hybridized carbons (Fsp3) is 0.375. The van der Waals surface area contributed by atoms with Crippen LogP contribution >= 0.6 is 0 Å². The number of fused-ring (bicyclic) bond motifs is 1. The Labute approximate surface area is 138 Å².